The number of likely N-dealkylation sites (tertiary alicyclic amines) is 1. The molecule has 1 fully saturated rings. The van der Waals surface area contributed by atoms with E-state index in [1.54, 1.807) is 0 Å². The van der Waals surface area contributed by atoms with Crippen LogP contribution in [0.5, 0.6) is 0 Å². The van der Waals surface area contributed by atoms with Crippen molar-refractivity contribution in [2.45, 2.75) is 38.8 Å². The second kappa shape index (κ2) is 5.68. The van der Waals surface area contributed by atoms with Gasteiger partial charge in [0.1, 0.15) is 0 Å². The SMILES string of the molecule is CC(O)C1CCN(C(=O)C2Cc3ccccc3NC2C)C1. The summed E-state index contributed by atoms with van der Waals surface area (Å²) in [6, 6.07) is 8.37. The number of aliphatic hydroxyl groups excluding tert-OH is 1. The summed E-state index contributed by atoms with van der Waals surface area (Å²) in [5.41, 5.74) is 2.37. The fourth-order valence-corrected chi connectivity index (χ4v) is 3.52. The molecule has 2 N–H and O–H groups in total. The number of amides is 1. The lowest BCUT2D eigenvalue weighted by Crippen LogP contribution is -2.45. The van der Waals surface area contributed by atoms with Gasteiger partial charge in [-0.1, -0.05) is 18.2 Å². The van der Waals surface area contributed by atoms with Crippen molar-refractivity contribution in [2.24, 2.45) is 11.8 Å². The number of aliphatic hydroxyl groups is 1. The van der Waals surface area contributed by atoms with Gasteiger partial charge >= 0.3 is 0 Å². The highest BCUT2D eigenvalue weighted by Gasteiger charge is 2.37. The largest absolute Gasteiger partial charge is 0.393 e. The maximum Gasteiger partial charge on any atom is 0.228 e. The van der Waals surface area contributed by atoms with Gasteiger partial charge in [-0.2, -0.15) is 0 Å². The van der Waals surface area contributed by atoms with Crippen LogP contribution < -0.4 is 5.32 Å². The van der Waals surface area contributed by atoms with Crippen molar-refractivity contribution in [3.8, 4) is 0 Å². The first kappa shape index (κ1) is 14.4. The molecule has 0 spiro atoms. The molecule has 1 amide bonds. The highest BCUT2D eigenvalue weighted by atomic mass is 16.3. The number of anilines is 1. The fraction of sp³-hybridized carbons (Fsp3) is 0.588. The molecule has 4 atom stereocenters. The number of carbonyl (C=O) groups is 1. The van der Waals surface area contributed by atoms with Gasteiger partial charge in [0, 0.05) is 30.7 Å². The first-order valence-electron chi connectivity index (χ1n) is 7.87. The lowest BCUT2D eigenvalue weighted by atomic mass is 9.87. The van der Waals surface area contributed by atoms with Crippen LogP contribution in [0.3, 0.4) is 0 Å². The molecule has 2 aliphatic rings. The zero-order chi connectivity index (χ0) is 15.0. The average molecular weight is 288 g/mol. The topological polar surface area (TPSA) is 52.6 Å². The predicted molar refractivity (Wildman–Crippen MR) is 83.1 cm³/mol. The molecule has 21 heavy (non-hydrogen) atoms. The third-order valence-electron chi connectivity index (χ3n) is 4.98. The first-order valence-corrected chi connectivity index (χ1v) is 7.87. The smallest absolute Gasteiger partial charge is 0.228 e. The van der Waals surface area contributed by atoms with E-state index < -0.39 is 0 Å². The Morgan fingerprint density at radius 3 is 2.90 bits per heavy atom. The monoisotopic (exact) mass is 288 g/mol. The lowest BCUT2D eigenvalue weighted by molar-refractivity contribution is -0.135. The molecule has 4 heteroatoms. The number of nitrogens with zero attached hydrogens (tertiary/aromatic N) is 1. The van der Waals surface area contributed by atoms with E-state index in [0.717, 1.165) is 25.1 Å². The highest BCUT2D eigenvalue weighted by Crippen LogP contribution is 2.31. The predicted octanol–water partition coefficient (Wildman–Crippen LogP) is 1.89. The van der Waals surface area contributed by atoms with Crippen LogP contribution in [0, 0.1) is 11.8 Å². The molecule has 0 bridgehead atoms. The van der Waals surface area contributed by atoms with Crippen LogP contribution in [0.4, 0.5) is 5.69 Å². The van der Waals surface area contributed by atoms with Crippen molar-refractivity contribution in [3.63, 3.8) is 0 Å². The van der Waals surface area contributed by atoms with Crippen molar-refractivity contribution in [3.05, 3.63) is 29.8 Å². The summed E-state index contributed by atoms with van der Waals surface area (Å²) in [7, 11) is 0. The molecule has 1 saturated heterocycles. The van der Waals surface area contributed by atoms with E-state index in [4.69, 9.17) is 0 Å². The lowest BCUT2D eigenvalue weighted by Gasteiger charge is -2.34. The van der Waals surface area contributed by atoms with Gasteiger partial charge in [-0.3, -0.25) is 4.79 Å². The third-order valence-corrected chi connectivity index (χ3v) is 4.98. The van der Waals surface area contributed by atoms with Crippen LogP contribution in [-0.2, 0) is 11.2 Å². The normalized spacial score (nSPS) is 29.7. The minimum atomic E-state index is -0.328. The Bertz CT molecular complexity index is 529. The molecule has 4 nitrogen and oxygen atoms in total. The fourth-order valence-electron chi connectivity index (χ4n) is 3.52. The van der Waals surface area contributed by atoms with E-state index >= 15 is 0 Å². The van der Waals surface area contributed by atoms with Crippen molar-refractivity contribution in [1.29, 1.82) is 0 Å². The Kier molecular flexibility index (Phi) is 3.89. The summed E-state index contributed by atoms with van der Waals surface area (Å²) in [5.74, 6) is 0.452. The Morgan fingerprint density at radius 1 is 1.43 bits per heavy atom. The molecule has 4 unspecified atom stereocenters. The standard InChI is InChI=1S/C17H24N2O2/c1-11-15(9-13-5-3-4-6-16(13)18-11)17(21)19-8-7-14(10-19)12(2)20/h3-6,11-12,14-15,18,20H,7-10H2,1-2H3. The number of fused-ring (bicyclic) bond motifs is 1. The first-order chi connectivity index (χ1) is 10.1. The minimum Gasteiger partial charge on any atom is -0.393 e. The number of hydrogen-bond acceptors (Lipinski definition) is 3. The maximum absolute atomic E-state index is 12.8. The quantitative estimate of drug-likeness (QED) is 0.874. The Labute approximate surface area is 126 Å². The molecular weight excluding hydrogens is 264 g/mol. The number of benzene rings is 1. The second-order valence-electron chi connectivity index (χ2n) is 6.47. The summed E-state index contributed by atoms with van der Waals surface area (Å²) >= 11 is 0. The summed E-state index contributed by atoms with van der Waals surface area (Å²) in [4.78, 5) is 14.7. The molecule has 1 aromatic rings. The van der Waals surface area contributed by atoms with E-state index in [-0.39, 0.29) is 29.9 Å². The van der Waals surface area contributed by atoms with Crippen LogP contribution in [0.2, 0.25) is 0 Å². The third kappa shape index (κ3) is 2.77. The van der Waals surface area contributed by atoms with Crippen LogP contribution in [0.25, 0.3) is 0 Å². The van der Waals surface area contributed by atoms with Crippen LogP contribution in [0.1, 0.15) is 25.8 Å². The van der Waals surface area contributed by atoms with Gasteiger partial charge in [0.05, 0.1) is 12.0 Å². The van der Waals surface area contributed by atoms with Gasteiger partial charge in [0.2, 0.25) is 5.91 Å². The van der Waals surface area contributed by atoms with Gasteiger partial charge < -0.3 is 15.3 Å². The maximum atomic E-state index is 12.8. The Balaban J connectivity index is 1.71. The van der Waals surface area contributed by atoms with Crippen LogP contribution >= 0.6 is 0 Å². The van der Waals surface area contributed by atoms with E-state index in [1.807, 2.05) is 24.0 Å². The number of para-hydroxylation sites is 1. The number of carbonyl (C=O) groups excluding carboxylic acids is 1. The zero-order valence-electron chi connectivity index (χ0n) is 12.7. The molecule has 0 saturated carbocycles. The van der Waals surface area contributed by atoms with Crippen molar-refractivity contribution in [1.82, 2.24) is 4.90 Å². The zero-order valence-corrected chi connectivity index (χ0v) is 12.7. The van der Waals surface area contributed by atoms with E-state index in [0.29, 0.717) is 6.54 Å². The summed E-state index contributed by atoms with van der Waals surface area (Å²) in [5, 5.41) is 13.1. The Hall–Kier alpha value is -1.55. The summed E-state index contributed by atoms with van der Waals surface area (Å²) < 4.78 is 0. The molecule has 0 aliphatic carbocycles. The molecule has 2 aliphatic heterocycles. The van der Waals surface area contributed by atoms with E-state index in [2.05, 4.69) is 24.4 Å². The van der Waals surface area contributed by atoms with Gasteiger partial charge in [0.25, 0.3) is 0 Å². The van der Waals surface area contributed by atoms with Crippen LogP contribution in [0.15, 0.2) is 24.3 Å². The molecule has 2 heterocycles. The molecule has 0 aromatic heterocycles. The number of rotatable bonds is 2. The molecular formula is C17H24N2O2. The van der Waals surface area contributed by atoms with Gasteiger partial charge in [-0.15, -0.1) is 0 Å². The number of nitrogens with one attached hydrogen (secondary N) is 1. The Morgan fingerprint density at radius 2 is 2.19 bits per heavy atom. The number of hydrogen-bond donors (Lipinski definition) is 2. The van der Waals surface area contributed by atoms with Gasteiger partial charge in [-0.25, -0.2) is 0 Å². The minimum absolute atomic E-state index is 0.00681. The van der Waals surface area contributed by atoms with Gasteiger partial charge in [-0.05, 0) is 38.3 Å². The van der Waals surface area contributed by atoms with Gasteiger partial charge in [0.15, 0.2) is 0 Å². The second-order valence-corrected chi connectivity index (χ2v) is 6.47. The van der Waals surface area contributed by atoms with Crippen molar-refractivity contribution in [2.75, 3.05) is 18.4 Å². The summed E-state index contributed by atoms with van der Waals surface area (Å²) in [6.45, 7) is 5.38. The highest BCUT2D eigenvalue weighted by molar-refractivity contribution is 5.82. The summed E-state index contributed by atoms with van der Waals surface area (Å²) in [6.07, 6.45) is 1.39. The molecule has 3 rings (SSSR count). The van der Waals surface area contributed by atoms with E-state index in [9.17, 15) is 9.90 Å². The van der Waals surface area contributed by atoms with Crippen molar-refractivity contribution >= 4 is 11.6 Å². The molecule has 1 aromatic carbocycles. The van der Waals surface area contributed by atoms with Crippen molar-refractivity contribution < 1.29 is 9.90 Å². The molecule has 114 valence electrons. The van der Waals surface area contributed by atoms with Crippen LogP contribution in [-0.4, -0.2) is 41.1 Å². The molecule has 0 radical (unpaired) electrons. The average Bonchev–Trinajstić information content (AvgIpc) is 2.96. The van der Waals surface area contributed by atoms with E-state index in [1.165, 1.54) is 5.56 Å².